The molecule has 0 bridgehead atoms. The summed E-state index contributed by atoms with van der Waals surface area (Å²) in [5.41, 5.74) is 1.88. The molecule has 1 heterocycles. The van der Waals surface area contributed by atoms with E-state index >= 15 is 0 Å². The first-order valence-electron chi connectivity index (χ1n) is 7.24. The van der Waals surface area contributed by atoms with Gasteiger partial charge in [0, 0.05) is 26.8 Å². The lowest BCUT2D eigenvalue weighted by molar-refractivity contribution is -0.118. The van der Waals surface area contributed by atoms with E-state index in [1.807, 2.05) is 25.1 Å². The predicted octanol–water partition coefficient (Wildman–Crippen LogP) is 3.72. The van der Waals surface area contributed by atoms with Crippen LogP contribution in [0.2, 0.25) is 0 Å². The van der Waals surface area contributed by atoms with Crippen LogP contribution in [0.1, 0.15) is 5.56 Å². The van der Waals surface area contributed by atoms with Crippen LogP contribution >= 0.6 is 22.6 Å². The summed E-state index contributed by atoms with van der Waals surface area (Å²) in [5.74, 6) is 0.203. The monoisotopic (exact) mass is 435 g/mol. The number of aryl methyl sites for hydroxylation is 1. The van der Waals surface area contributed by atoms with Crippen molar-refractivity contribution < 1.29 is 13.9 Å². The summed E-state index contributed by atoms with van der Waals surface area (Å²) in [7, 11) is 0. The molecule has 3 rings (SSSR count). The molecule has 0 aliphatic carbocycles. The predicted molar refractivity (Wildman–Crippen MR) is 101 cm³/mol. The molecule has 0 unspecified atom stereocenters. The zero-order valence-corrected chi connectivity index (χ0v) is 15.0. The molecule has 24 heavy (non-hydrogen) atoms. The highest BCUT2D eigenvalue weighted by atomic mass is 127. The zero-order chi connectivity index (χ0) is 17.1. The first kappa shape index (κ1) is 16.5. The van der Waals surface area contributed by atoms with Crippen molar-refractivity contribution in [3.63, 3.8) is 0 Å². The van der Waals surface area contributed by atoms with E-state index in [0.717, 1.165) is 20.2 Å². The van der Waals surface area contributed by atoms with Gasteiger partial charge in [-0.05, 0) is 65.4 Å². The number of carbonyl (C=O) groups is 1. The van der Waals surface area contributed by atoms with Gasteiger partial charge in [-0.1, -0.05) is 6.07 Å². The summed E-state index contributed by atoms with van der Waals surface area (Å²) in [6.45, 7) is 1.88. The van der Waals surface area contributed by atoms with Crippen molar-refractivity contribution in [1.29, 1.82) is 0 Å². The Morgan fingerprint density at radius 3 is 2.75 bits per heavy atom. The van der Waals surface area contributed by atoms with Gasteiger partial charge in [0.05, 0.1) is 0 Å². The Morgan fingerprint density at radius 1 is 1.17 bits per heavy atom. The van der Waals surface area contributed by atoms with Gasteiger partial charge in [-0.15, -0.1) is 0 Å². The molecular weight excluding hydrogens is 421 g/mol. The van der Waals surface area contributed by atoms with Crippen LogP contribution in [0.5, 0.6) is 5.75 Å². The molecular formula is C18H14INO4. The van der Waals surface area contributed by atoms with E-state index < -0.39 is 5.63 Å². The number of halogens is 1. The van der Waals surface area contributed by atoms with E-state index in [1.165, 1.54) is 6.07 Å². The molecule has 0 atom stereocenters. The zero-order valence-electron chi connectivity index (χ0n) is 12.8. The van der Waals surface area contributed by atoms with E-state index in [4.69, 9.17) is 9.15 Å². The second-order valence-corrected chi connectivity index (χ2v) is 6.42. The molecule has 6 heteroatoms. The van der Waals surface area contributed by atoms with Crippen LogP contribution in [0, 0.1) is 10.5 Å². The van der Waals surface area contributed by atoms with Crippen LogP contribution in [-0.4, -0.2) is 12.5 Å². The van der Waals surface area contributed by atoms with E-state index in [1.54, 1.807) is 24.3 Å². The quantitative estimate of drug-likeness (QED) is 0.501. The molecule has 0 saturated heterocycles. The van der Waals surface area contributed by atoms with Crippen molar-refractivity contribution in [3.8, 4) is 5.75 Å². The third kappa shape index (κ3) is 3.94. The maximum atomic E-state index is 12.0. The van der Waals surface area contributed by atoms with Gasteiger partial charge in [0.25, 0.3) is 5.91 Å². The SMILES string of the molecule is Cc1ccc(NC(=O)COc2ccc3ccc(=O)oc3c2)cc1I. The minimum absolute atomic E-state index is 0.132. The van der Waals surface area contributed by atoms with Gasteiger partial charge in [0.1, 0.15) is 11.3 Å². The number of anilines is 1. The lowest BCUT2D eigenvalue weighted by Gasteiger charge is -2.09. The number of ether oxygens (including phenoxy) is 1. The lowest BCUT2D eigenvalue weighted by atomic mass is 10.2. The Balaban J connectivity index is 1.65. The van der Waals surface area contributed by atoms with Crippen molar-refractivity contribution in [2.75, 3.05) is 11.9 Å². The maximum absolute atomic E-state index is 12.0. The lowest BCUT2D eigenvalue weighted by Crippen LogP contribution is -2.20. The van der Waals surface area contributed by atoms with Crippen LogP contribution in [-0.2, 0) is 4.79 Å². The summed E-state index contributed by atoms with van der Waals surface area (Å²) in [5, 5.41) is 3.58. The molecule has 0 spiro atoms. The molecule has 0 radical (unpaired) electrons. The van der Waals surface area contributed by atoms with Crippen molar-refractivity contribution in [1.82, 2.24) is 0 Å². The molecule has 2 aromatic carbocycles. The molecule has 0 saturated carbocycles. The average Bonchev–Trinajstić information content (AvgIpc) is 2.56. The van der Waals surface area contributed by atoms with Gasteiger partial charge in [0.15, 0.2) is 6.61 Å². The van der Waals surface area contributed by atoms with E-state index in [0.29, 0.717) is 11.3 Å². The first-order valence-corrected chi connectivity index (χ1v) is 8.32. The number of rotatable bonds is 4. The minimum Gasteiger partial charge on any atom is -0.484 e. The smallest absolute Gasteiger partial charge is 0.336 e. The Hall–Kier alpha value is -2.35. The van der Waals surface area contributed by atoms with Crippen LogP contribution < -0.4 is 15.7 Å². The van der Waals surface area contributed by atoms with Gasteiger partial charge < -0.3 is 14.5 Å². The Bertz CT molecular complexity index is 965. The van der Waals surface area contributed by atoms with Gasteiger partial charge in [-0.25, -0.2) is 4.79 Å². The topological polar surface area (TPSA) is 68.5 Å². The molecule has 0 aliphatic heterocycles. The Morgan fingerprint density at radius 2 is 1.96 bits per heavy atom. The standard InChI is InChI=1S/C18H14INO4/c1-11-2-5-13(8-15(11)19)20-17(21)10-23-14-6-3-12-4-7-18(22)24-16(12)9-14/h2-9H,10H2,1H3,(H,20,21). The van der Waals surface area contributed by atoms with E-state index in [-0.39, 0.29) is 12.5 Å². The fourth-order valence-electron chi connectivity index (χ4n) is 2.15. The molecule has 0 aliphatic rings. The highest BCUT2D eigenvalue weighted by Crippen LogP contribution is 2.20. The summed E-state index contributed by atoms with van der Waals surface area (Å²) in [6.07, 6.45) is 0. The largest absolute Gasteiger partial charge is 0.484 e. The number of hydrogen-bond donors (Lipinski definition) is 1. The van der Waals surface area contributed by atoms with Gasteiger partial charge in [0.2, 0.25) is 0 Å². The van der Waals surface area contributed by atoms with Crippen LogP contribution in [0.4, 0.5) is 5.69 Å². The number of fused-ring (bicyclic) bond motifs is 1. The third-order valence-electron chi connectivity index (χ3n) is 3.42. The van der Waals surface area contributed by atoms with Crippen molar-refractivity contribution in [2.24, 2.45) is 0 Å². The summed E-state index contributed by atoms with van der Waals surface area (Å²) >= 11 is 2.22. The fourth-order valence-corrected chi connectivity index (χ4v) is 2.66. The number of hydrogen-bond acceptors (Lipinski definition) is 4. The van der Waals surface area contributed by atoms with Crippen LogP contribution in [0.25, 0.3) is 11.0 Å². The van der Waals surface area contributed by atoms with E-state index in [9.17, 15) is 9.59 Å². The first-order chi connectivity index (χ1) is 11.5. The minimum atomic E-state index is -0.425. The molecule has 3 aromatic rings. The second kappa shape index (κ2) is 7.04. The van der Waals surface area contributed by atoms with Crippen molar-refractivity contribution in [2.45, 2.75) is 6.92 Å². The second-order valence-electron chi connectivity index (χ2n) is 5.25. The molecule has 1 amide bonds. The fraction of sp³-hybridized carbons (Fsp3) is 0.111. The highest BCUT2D eigenvalue weighted by molar-refractivity contribution is 14.1. The maximum Gasteiger partial charge on any atom is 0.336 e. The summed E-state index contributed by atoms with van der Waals surface area (Å²) in [4.78, 5) is 23.2. The molecule has 0 fully saturated rings. The van der Waals surface area contributed by atoms with E-state index in [2.05, 4.69) is 27.9 Å². The highest BCUT2D eigenvalue weighted by Gasteiger charge is 2.06. The normalized spacial score (nSPS) is 10.6. The summed E-state index contributed by atoms with van der Waals surface area (Å²) < 4.78 is 11.6. The van der Waals surface area contributed by atoms with Crippen molar-refractivity contribution >= 4 is 45.2 Å². The molecule has 1 aromatic heterocycles. The number of carbonyl (C=O) groups excluding carboxylic acids is 1. The number of amides is 1. The van der Waals surface area contributed by atoms with Gasteiger partial charge in [-0.3, -0.25) is 4.79 Å². The van der Waals surface area contributed by atoms with Gasteiger partial charge >= 0.3 is 5.63 Å². The number of benzene rings is 2. The number of nitrogens with one attached hydrogen (secondary N) is 1. The molecule has 1 N–H and O–H groups in total. The van der Waals surface area contributed by atoms with Gasteiger partial charge in [-0.2, -0.15) is 0 Å². The van der Waals surface area contributed by atoms with Crippen LogP contribution in [0.15, 0.2) is 57.7 Å². The third-order valence-corrected chi connectivity index (χ3v) is 4.58. The Kier molecular flexibility index (Phi) is 4.84. The summed E-state index contributed by atoms with van der Waals surface area (Å²) in [6, 6.07) is 13.8. The molecule has 122 valence electrons. The molecule has 5 nitrogen and oxygen atoms in total. The Labute approximate surface area is 151 Å². The van der Waals surface area contributed by atoms with Crippen LogP contribution in [0.3, 0.4) is 0 Å². The van der Waals surface area contributed by atoms with Crippen molar-refractivity contribution in [3.05, 3.63) is 68.1 Å². The average molecular weight is 435 g/mol.